The molecule has 0 aromatic heterocycles. The highest BCUT2D eigenvalue weighted by atomic mass is 79.9. The molecule has 0 aliphatic carbocycles. The van der Waals surface area contributed by atoms with E-state index in [0.29, 0.717) is 17.1 Å². The van der Waals surface area contributed by atoms with Gasteiger partial charge in [0.1, 0.15) is 12.6 Å². The molecule has 4 rings (SSSR count). The van der Waals surface area contributed by atoms with Crippen LogP contribution in [-0.4, -0.2) is 44.3 Å². The van der Waals surface area contributed by atoms with E-state index in [1.165, 1.54) is 17.0 Å². The zero-order valence-corrected chi connectivity index (χ0v) is 28.7. The Balaban J connectivity index is 1.82. The third kappa shape index (κ3) is 8.75. The van der Waals surface area contributed by atoms with E-state index in [1.54, 1.807) is 37.3 Å². The molecule has 0 fully saturated rings. The molecule has 0 spiro atoms. The number of benzene rings is 4. The number of hydrogen-bond acceptors (Lipinski definition) is 4. The van der Waals surface area contributed by atoms with Crippen LogP contribution in [0.4, 0.5) is 5.69 Å². The molecular weight excluding hydrogens is 674 g/mol. The molecular formula is C35H37BrClN3O4S. The monoisotopic (exact) mass is 709 g/mol. The summed E-state index contributed by atoms with van der Waals surface area (Å²) in [5.41, 5.74) is 3.37. The van der Waals surface area contributed by atoms with E-state index in [-0.39, 0.29) is 29.5 Å². The summed E-state index contributed by atoms with van der Waals surface area (Å²) in [6, 6.07) is 27.5. The number of hydrogen-bond donors (Lipinski definition) is 1. The predicted molar refractivity (Wildman–Crippen MR) is 184 cm³/mol. The van der Waals surface area contributed by atoms with Gasteiger partial charge in [0.25, 0.3) is 10.0 Å². The van der Waals surface area contributed by atoms with Crippen molar-refractivity contribution >= 4 is 55.1 Å². The molecule has 0 heterocycles. The number of rotatable bonds is 13. The summed E-state index contributed by atoms with van der Waals surface area (Å²) in [4.78, 5) is 29.8. The van der Waals surface area contributed by atoms with Crippen molar-refractivity contribution in [3.8, 4) is 0 Å². The third-order valence-electron chi connectivity index (χ3n) is 7.48. The molecule has 7 nitrogen and oxygen atoms in total. The van der Waals surface area contributed by atoms with Gasteiger partial charge in [-0.15, -0.1) is 0 Å². The van der Waals surface area contributed by atoms with Crippen molar-refractivity contribution in [3.63, 3.8) is 0 Å². The molecule has 45 heavy (non-hydrogen) atoms. The van der Waals surface area contributed by atoms with Crippen LogP contribution in [-0.2, 0) is 32.6 Å². The fraction of sp³-hybridized carbons (Fsp3) is 0.257. The molecule has 0 saturated heterocycles. The topological polar surface area (TPSA) is 86.8 Å². The summed E-state index contributed by atoms with van der Waals surface area (Å²) < 4.78 is 30.4. The number of carbonyl (C=O) groups excluding carboxylic acids is 2. The lowest BCUT2D eigenvalue weighted by Gasteiger charge is -2.34. The smallest absolute Gasteiger partial charge is 0.264 e. The number of sulfonamides is 1. The van der Waals surface area contributed by atoms with Crippen molar-refractivity contribution in [2.24, 2.45) is 0 Å². The number of halogens is 2. The first kappa shape index (κ1) is 34.2. The average molecular weight is 711 g/mol. The molecule has 4 aromatic rings. The first-order valence-corrected chi connectivity index (χ1v) is 17.3. The van der Waals surface area contributed by atoms with E-state index in [9.17, 15) is 18.0 Å². The van der Waals surface area contributed by atoms with Gasteiger partial charge in [-0.25, -0.2) is 8.42 Å². The molecule has 1 N–H and O–H groups in total. The quantitative estimate of drug-likeness (QED) is 0.161. The molecule has 4 aromatic carbocycles. The lowest BCUT2D eigenvalue weighted by Crippen LogP contribution is -2.53. The molecule has 0 saturated carbocycles. The van der Waals surface area contributed by atoms with Crippen LogP contribution in [0.15, 0.2) is 106 Å². The molecule has 1 atom stereocenters. The summed E-state index contributed by atoms with van der Waals surface area (Å²) in [5.74, 6) is -0.835. The molecule has 10 heteroatoms. The van der Waals surface area contributed by atoms with Crippen LogP contribution in [0.1, 0.15) is 35.6 Å². The van der Waals surface area contributed by atoms with Gasteiger partial charge in [0, 0.05) is 29.0 Å². The number of nitrogens with one attached hydrogen (secondary N) is 1. The largest absolute Gasteiger partial charge is 0.354 e. The van der Waals surface area contributed by atoms with Crippen LogP contribution in [0.2, 0.25) is 5.02 Å². The van der Waals surface area contributed by atoms with Gasteiger partial charge < -0.3 is 10.2 Å². The Kier molecular flexibility index (Phi) is 11.8. The van der Waals surface area contributed by atoms with Gasteiger partial charge in [0.05, 0.1) is 10.6 Å². The highest BCUT2D eigenvalue weighted by molar-refractivity contribution is 9.10. The van der Waals surface area contributed by atoms with Crippen LogP contribution < -0.4 is 9.62 Å². The fourth-order valence-electron chi connectivity index (χ4n) is 4.92. The summed E-state index contributed by atoms with van der Waals surface area (Å²) in [6.45, 7) is 5.54. The standard InChI is InChI=1S/C35H37BrClN3O4S/c1-4-21-38-35(42)33(22-27-9-6-5-7-10-27)39(23-28-15-17-29(36)18-16-28)34(41)24-40(32-12-8-11-31(37)26(32)3)45(43,44)30-19-13-25(2)14-20-30/h5-20,33H,4,21-24H2,1-3H3,(H,38,42)/t33-/m1/s1. The zero-order valence-electron chi connectivity index (χ0n) is 25.5. The molecule has 0 aliphatic rings. The van der Waals surface area contributed by atoms with E-state index < -0.39 is 28.5 Å². The van der Waals surface area contributed by atoms with Gasteiger partial charge in [-0.05, 0) is 73.4 Å². The van der Waals surface area contributed by atoms with E-state index in [0.717, 1.165) is 31.9 Å². The molecule has 0 radical (unpaired) electrons. The van der Waals surface area contributed by atoms with Crippen molar-refractivity contribution in [3.05, 3.63) is 129 Å². The van der Waals surface area contributed by atoms with Gasteiger partial charge in [-0.2, -0.15) is 0 Å². The lowest BCUT2D eigenvalue weighted by atomic mass is 10.0. The average Bonchev–Trinajstić information content (AvgIpc) is 3.03. The van der Waals surface area contributed by atoms with Crippen molar-refractivity contribution in [2.45, 2.75) is 51.1 Å². The summed E-state index contributed by atoms with van der Waals surface area (Å²) in [5, 5.41) is 3.33. The fourth-order valence-corrected chi connectivity index (χ4v) is 6.83. The zero-order chi connectivity index (χ0) is 32.6. The van der Waals surface area contributed by atoms with Crippen LogP contribution in [0.5, 0.6) is 0 Å². The Labute approximate surface area is 279 Å². The Morgan fingerprint density at radius 1 is 0.867 bits per heavy atom. The molecule has 0 bridgehead atoms. The molecule has 0 unspecified atom stereocenters. The number of amides is 2. The van der Waals surface area contributed by atoms with Crippen molar-refractivity contribution in [1.29, 1.82) is 0 Å². The molecule has 0 aliphatic heterocycles. The maximum Gasteiger partial charge on any atom is 0.264 e. The maximum absolute atomic E-state index is 14.5. The second-order valence-corrected chi connectivity index (χ2v) is 14.0. The van der Waals surface area contributed by atoms with Gasteiger partial charge >= 0.3 is 0 Å². The van der Waals surface area contributed by atoms with Gasteiger partial charge in [-0.3, -0.25) is 13.9 Å². The Bertz CT molecular complexity index is 1720. The minimum atomic E-state index is -4.22. The minimum Gasteiger partial charge on any atom is -0.354 e. The maximum atomic E-state index is 14.5. The SMILES string of the molecule is CCCNC(=O)[C@@H](Cc1ccccc1)N(Cc1ccc(Br)cc1)C(=O)CN(c1cccc(Cl)c1C)S(=O)(=O)c1ccc(C)cc1. The predicted octanol–water partition coefficient (Wildman–Crippen LogP) is 7.08. The number of nitrogens with zero attached hydrogens (tertiary/aromatic N) is 2. The second kappa shape index (κ2) is 15.6. The van der Waals surface area contributed by atoms with Crippen LogP contribution in [0.25, 0.3) is 0 Å². The Hall–Kier alpha value is -3.66. The van der Waals surface area contributed by atoms with Crippen LogP contribution in [0.3, 0.4) is 0 Å². The highest BCUT2D eigenvalue weighted by Gasteiger charge is 2.35. The summed E-state index contributed by atoms with van der Waals surface area (Å²) in [6.07, 6.45) is 0.973. The van der Waals surface area contributed by atoms with Crippen molar-refractivity contribution in [1.82, 2.24) is 10.2 Å². The molecule has 2 amide bonds. The first-order valence-electron chi connectivity index (χ1n) is 14.7. The molecule has 236 valence electrons. The minimum absolute atomic E-state index is 0.0428. The highest BCUT2D eigenvalue weighted by Crippen LogP contribution is 2.31. The number of anilines is 1. The van der Waals surface area contributed by atoms with E-state index in [1.807, 2.05) is 68.4 Å². The number of carbonyl (C=O) groups is 2. The summed E-state index contributed by atoms with van der Waals surface area (Å²) in [7, 11) is -4.22. The van der Waals surface area contributed by atoms with Crippen molar-refractivity contribution < 1.29 is 18.0 Å². The Morgan fingerprint density at radius 3 is 2.18 bits per heavy atom. The van der Waals surface area contributed by atoms with Gasteiger partial charge in [0.2, 0.25) is 11.8 Å². The van der Waals surface area contributed by atoms with E-state index in [2.05, 4.69) is 21.2 Å². The summed E-state index contributed by atoms with van der Waals surface area (Å²) >= 11 is 9.91. The second-order valence-electron chi connectivity index (χ2n) is 10.9. The van der Waals surface area contributed by atoms with Gasteiger partial charge in [0.15, 0.2) is 0 Å². The normalized spacial score (nSPS) is 11.9. The van der Waals surface area contributed by atoms with Crippen molar-refractivity contribution in [2.75, 3.05) is 17.4 Å². The van der Waals surface area contributed by atoms with E-state index in [4.69, 9.17) is 11.6 Å². The van der Waals surface area contributed by atoms with Gasteiger partial charge in [-0.1, -0.05) is 101 Å². The van der Waals surface area contributed by atoms with E-state index >= 15 is 0 Å². The first-order chi connectivity index (χ1) is 21.5. The van der Waals surface area contributed by atoms with Crippen LogP contribution >= 0.6 is 27.5 Å². The third-order valence-corrected chi connectivity index (χ3v) is 10.2. The Morgan fingerprint density at radius 2 is 1.53 bits per heavy atom. The van der Waals surface area contributed by atoms with Crippen LogP contribution in [0, 0.1) is 13.8 Å². The lowest BCUT2D eigenvalue weighted by molar-refractivity contribution is -0.140. The number of aryl methyl sites for hydroxylation is 1.